The van der Waals surface area contributed by atoms with Crippen LogP contribution in [0, 0.1) is 0 Å². The smallest absolute Gasteiger partial charge is 0.291 e. The van der Waals surface area contributed by atoms with Crippen LogP contribution in [0.1, 0.15) is 5.56 Å². The number of amides is 1. The van der Waals surface area contributed by atoms with Gasteiger partial charge in [-0.1, -0.05) is 66.7 Å². The number of hydrogen-bond donors (Lipinski definition) is 0. The Kier molecular flexibility index (Phi) is 5.73. The molecule has 0 aliphatic carbocycles. The summed E-state index contributed by atoms with van der Waals surface area (Å²) in [5.41, 5.74) is 3.60. The first-order valence-electron chi connectivity index (χ1n) is 12.3. The number of benzene rings is 3. The third-order valence-corrected chi connectivity index (χ3v) is 7.00. The minimum absolute atomic E-state index is 0.0625. The molecule has 0 bridgehead atoms. The summed E-state index contributed by atoms with van der Waals surface area (Å²) in [7, 11) is 0. The van der Waals surface area contributed by atoms with E-state index in [2.05, 4.69) is 34.3 Å². The molecule has 0 spiro atoms. The molecule has 1 aliphatic rings. The van der Waals surface area contributed by atoms with Crippen molar-refractivity contribution >= 4 is 33.4 Å². The molecule has 0 atom stereocenters. The first-order valence-corrected chi connectivity index (χ1v) is 12.3. The van der Waals surface area contributed by atoms with Crippen molar-refractivity contribution in [1.29, 1.82) is 0 Å². The predicted octanol–water partition coefficient (Wildman–Crippen LogP) is 3.75. The van der Waals surface area contributed by atoms with E-state index >= 15 is 0 Å². The molecule has 7 heteroatoms. The molecule has 0 radical (unpaired) electrons. The standard InChI is InChI=1S/C29H27N5O2/c35-27(32-17-15-31(16-18-32)23-11-5-2-6-12-23)21-34-29(36)28-25(19-30-34)24-13-7-8-14-26(24)33(28)20-22-9-3-1-4-10-22/h1-14,19H,15-18,20-21H2. The highest BCUT2D eigenvalue weighted by molar-refractivity contribution is 6.07. The van der Waals surface area contributed by atoms with Crippen LogP contribution < -0.4 is 10.5 Å². The fourth-order valence-corrected chi connectivity index (χ4v) is 5.12. The van der Waals surface area contributed by atoms with E-state index in [-0.39, 0.29) is 18.0 Å². The van der Waals surface area contributed by atoms with Gasteiger partial charge < -0.3 is 14.4 Å². The van der Waals surface area contributed by atoms with E-state index in [0.717, 1.165) is 34.9 Å². The second-order valence-electron chi connectivity index (χ2n) is 9.16. The van der Waals surface area contributed by atoms with Gasteiger partial charge in [-0.25, -0.2) is 4.68 Å². The van der Waals surface area contributed by atoms with Gasteiger partial charge in [0.1, 0.15) is 12.1 Å². The minimum atomic E-state index is -0.240. The Hall–Kier alpha value is -4.39. The number of fused-ring (bicyclic) bond motifs is 3. The van der Waals surface area contributed by atoms with Crippen molar-refractivity contribution < 1.29 is 4.79 Å². The molecule has 0 unspecified atom stereocenters. The Morgan fingerprint density at radius 1 is 0.778 bits per heavy atom. The normalized spacial score (nSPS) is 14.0. The third-order valence-electron chi connectivity index (χ3n) is 7.00. The predicted molar refractivity (Wildman–Crippen MR) is 142 cm³/mol. The number of anilines is 1. The summed E-state index contributed by atoms with van der Waals surface area (Å²) in [5.74, 6) is -0.0811. The zero-order valence-corrected chi connectivity index (χ0v) is 20.0. The van der Waals surface area contributed by atoms with Crippen LogP contribution >= 0.6 is 0 Å². The molecule has 0 N–H and O–H groups in total. The van der Waals surface area contributed by atoms with Crippen LogP contribution in [-0.2, 0) is 17.9 Å². The van der Waals surface area contributed by atoms with Crippen LogP contribution in [0.3, 0.4) is 0 Å². The molecule has 1 saturated heterocycles. The maximum atomic E-state index is 13.7. The summed E-state index contributed by atoms with van der Waals surface area (Å²) in [4.78, 5) is 30.9. The Balaban J connectivity index is 1.28. The van der Waals surface area contributed by atoms with Gasteiger partial charge in [-0.15, -0.1) is 0 Å². The van der Waals surface area contributed by atoms with E-state index in [4.69, 9.17) is 0 Å². The van der Waals surface area contributed by atoms with E-state index in [1.165, 1.54) is 10.4 Å². The van der Waals surface area contributed by atoms with E-state index in [9.17, 15) is 9.59 Å². The Labute approximate surface area is 208 Å². The molecule has 7 nitrogen and oxygen atoms in total. The van der Waals surface area contributed by atoms with Gasteiger partial charge in [-0.05, 0) is 23.8 Å². The zero-order chi connectivity index (χ0) is 24.5. The Bertz CT molecular complexity index is 1580. The second-order valence-corrected chi connectivity index (χ2v) is 9.16. The lowest BCUT2D eigenvalue weighted by molar-refractivity contribution is -0.132. The van der Waals surface area contributed by atoms with Gasteiger partial charge in [0, 0.05) is 54.7 Å². The summed E-state index contributed by atoms with van der Waals surface area (Å²) in [6, 6.07) is 28.3. The number of rotatable bonds is 5. The van der Waals surface area contributed by atoms with Crippen molar-refractivity contribution in [2.75, 3.05) is 31.1 Å². The van der Waals surface area contributed by atoms with Crippen LogP contribution in [0.4, 0.5) is 5.69 Å². The number of piperazine rings is 1. The zero-order valence-electron chi connectivity index (χ0n) is 20.0. The van der Waals surface area contributed by atoms with Crippen molar-refractivity contribution in [2.45, 2.75) is 13.1 Å². The molecule has 3 aromatic carbocycles. The number of para-hydroxylation sites is 2. The molecule has 1 amide bonds. The SMILES string of the molecule is O=C(Cn1ncc2c3ccccc3n(Cc3ccccc3)c2c1=O)N1CCN(c2ccccc2)CC1. The van der Waals surface area contributed by atoms with Crippen molar-refractivity contribution in [3.8, 4) is 0 Å². The molecule has 0 saturated carbocycles. The first kappa shape index (κ1) is 22.1. The Morgan fingerprint density at radius 3 is 2.19 bits per heavy atom. The van der Waals surface area contributed by atoms with Crippen molar-refractivity contribution in [2.24, 2.45) is 0 Å². The molecular weight excluding hydrogens is 450 g/mol. The number of carbonyl (C=O) groups excluding carboxylic acids is 1. The number of nitrogens with zero attached hydrogens (tertiary/aromatic N) is 5. The molecular formula is C29H27N5O2. The molecule has 2 aromatic heterocycles. The molecule has 5 aromatic rings. The molecule has 1 fully saturated rings. The quantitative estimate of drug-likeness (QED) is 0.387. The van der Waals surface area contributed by atoms with E-state index in [0.29, 0.717) is 25.2 Å². The largest absolute Gasteiger partial charge is 0.368 e. The second kappa shape index (κ2) is 9.34. The average molecular weight is 478 g/mol. The number of hydrogen-bond acceptors (Lipinski definition) is 4. The van der Waals surface area contributed by atoms with Gasteiger partial charge in [0.05, 0.1) is 6.20 Å². The molecule has 180 valence electrons. The molecule has 1 aliphatic heterocycles. The maximum Gasteiger partial charge on any atom is 0.291 e. The monoisotopic (exact) mass is 477 g/mol. The fourth-order valence-electron chi connectivity index (χ4n) is 5.12. The maximum absolute atomic E-state index is 13.7. The van der Waals surface area contributed by atoms with Crippen LogP contribution in [-0.4, -0.2) is 51.3 Å². The number of aromatic nitrogens is 3. The van der Waals surface area contributed by atoms with E-state index in [1.807, 2.05) is 70.1 Å². The third kappa shape index (κ3) is 4.02. The summed E-state index contributed by atoms with van der Waals surface area (Å²) in [5, 5.41) is 6.21. The van der Waals surface area contributed by atoms with Crippen molar-refractivity contribution in [3.05, 3.63) is 107 Å². The minimum Gasteiger partial charge on any atom is -0.368 e. The highest BCUT2D eigenvalue weighted by atomic mass is 16.2. The van der Waals surface area contributed by atoms with Gasteiger partial charge in [0.2, 0.25) is 5.91 Å². The molecule has 6 rings (SSSR count). The lowest BCUT2D eigenvalue weighted by Crippen LogP contribution is -2.50. The molecule has 3 heterocycles. The van der Waals surface area contributed by atoms with Crippen LogP contribution in [0.2, 0.25) is 0 Å². The van der Waals surface area contributed by atoms with Gasteiger partial charge in [0.25, 0.3) is 5.56 Å². The Morgan fingerprint density at radius 2 is 1.44 bits per heavy atom. The summed E-state index contributed by atoms with van der Waals surface area (Å²) < 4.78 is 3.36. The fraction of sp³-hybridized carbons (Fsp3) is 0.207. The van der Waals surface area contributed by atoms with Gasteiger partial charge >= 0.3 is 0 Å². The van der Waals surface area contributed by atoms with Gasteiger partial charge in [0.15, 0.2) is 0 Å². The summed E-state index contributed by atoms with van der Waals surface area (Å²) >= 11 is 0. The summed E-state index contributed by atoms with van der Waals surface area (Å²) in [6.07, 6.45) is 1.72. The lowest BCUT2D eigenvalue weighted by atomic mass is 10.2. The highest BCUT2D eigenvalue weighted by Crippen LogP contribution is 2.27. The number of carbonyl (C=O) groups is 1. The van der Waals surface area contributed by atoms with E-state index < -0.39 is 0 Å². The molecule has 36 heavy (non-hydrogen) atoms. The van der Waals surface area contributed by atoms with Crippen molar-refractivity contribution in [3.63, 3.8) is 0 Å². The van der Waals surface area contributed by atoms with Crippen LogP contribution in [0.5, 0.6) is 0 Å². The van der Waals surface area contributed by atoms with Gasteiger partial charge in [-0.2, -0.15) is 5.10 Å². The topological polar surface area (TPSA) is 63.4 Å². The lowest BCUT2D eigenvalue weighted by Gasteiger charge is -2.36. The summed E-state index contributed by atoms with van der Waals surface area (Å²) in [6.45, 7) is 3.29. The van der Waals surface area contributed by atoms with Gasteiger partial charge in [-0.3, -0.25) is 9.59 Å². The van der Waals surface area contributed by atoms with Crippen molar-refractivity contribution in [1.82, 2.24) is 19.2 Å². The highest BCUT2D eigenvalue weighted by Gasteiger charge is 2.23. The average Bonchev–Trinajstić information content (AvgIpc) is 3.25. The van der Waals surface area contributed by atoms with Crippen LogP contribution in [0.15, 0.2) is 95.9 Å². The first-order chi connectivity index (χ1) is 17.7. The van der Waals surface area contributed by atoms with Crippen LogP contribution in [0.25, 0.3) is 21.8 Å². The van der Waals surface area contributed by atoms with E-state index in [1.54, 1.807) is 6.20 Å².